The van der Waals surface area contributed by atoms with E-state index in [1.165, 1.54) is 0 Å². The number of fused-ring (bicyclic) bond motifs is 1. The average molecular weight is 262 g/mol. The molecular weight excluding hydrogens is 248 g/mol. The Morgan fingerprint density at radius 3 is 2.85 bits per heavy atom. The first-order valence-electron chi connectivity index (χ1n) is 6.50. The zero-order valence-corrected chi connectivity index (χ0v) is 11.2. The maximum Gasteiger partial charge on any atom is 0.114 e. The van der Waals surface area contributed by atoms with Gasteiger partial charge in [-0.05, 0) is 36.4 Å². The van der Waals surface area contributed by atoms with Crippen LogP contribution in [-0.4, -0.2) is 9.55 Å². The van der Waals surface area contributed by atoms with Gasteiger partial charge in [-0.15, -0.1) is 0 Å². The van der Waals surface area contributed by atoms with Gasteiger partial charge in [-0.1, -0.05) is 13.0 Å². The van der Waals surface area contributed by atoms with E-state index in [1.54, 1.807) is 6.07 Å². The number of nitrogens with zero attached hydrogens (tertiary/aromatic N) is 3. The average Bonchev–Trinajstić information content (AvgIpc) is 2.84. The minimum Gasteiger partial charge on any atom is -0.399 e. The number of aromatic nitrogens is 2. The number of nitrogen functional groups attached to an aromatic ring is 1. The third kappa shape index (κ3) is 1.90. The molecule has 2 aromatic carbocycles. The van der Waals surface area contributed by atoms with Gasteiger partial charge in [0.1, 0.15) is 5.82 Å². The zero-order valence-electron chi connectivity index (χ0n) is 11.2. The van der Waals surface area contributed by atoms with Crippen LogP contribution in [0.2, 0.25) is 0 Å². The van der Waals surface area contributed by atoms with E-state index in [0.29, 0.717) is 11.3 Å². The Bertz CT molecular complexity index is 824. The SMILES string of the molecule is CCc1nc2cc(N)ccc2n1-c1cccc(C#N)c1. The fraction of sp³-hybridized carbons (Fsp3) is 0.125. The van der Waals surface area contributed by atoms with Crippen LogP contribution in [0, 0.1) is 11.3 Å². The molecule has 20 heavy (non-hydrogen) atoms. The highest BCUT2D eigenvalue weighted by molar-refractivity contribution is 5.81. The number of imidazole rings is 1. The summed E-state index contributed by atoms with van der Waals surface area (Å²) in [6, 6.07) is 15.4. The molecule has 3 aromatic rings. The Hall–Kier alpha value is -2.80. The Morgan fingerprint density at radius 1 is 1.25 bits per heavy atom. The predicted octanol–water partition coefficient (Wildman–Crippen LogP) is 3.04. The summed E-state index contributed by atoms with van der Waals surface area (Å²) in [6.45, 7) is 2.06. The molecule has 98 valence electrons. The van der Waals surface area contributed by atoms with Crippen LogP contribution in [-0.2, 0) is 6.42 Å². The van der Waals surface area contributed by atoms with Crippen molar-refractivity contribution >= 4 is 16.7 Å². The number of nitriles is 1. The quantitative estimate of drug-likeness (QED) is 0.722. The first-order chi connectivity index (χ1) is 9.72. The Labute approximate surface area is 117 Å². The van der Waals surface area contributed by atoms with Gasteiger partial charge in [0.05, 0.1) is 22.7 Å². The summed E-state index contributed by atoms with van der Waals surface area (Å²) in [5.74, 6) is 0.959. The largest absolute Gasteiger partial charge is 0.399 e. The van der Waals surface area contributed by atoms with Crippen molar-refractivity contribution in [3.63, 3.8) is 0 Å². The summed E-state index contributed by atoms with van der Waals surface area (Å²) in [4.78, 5) is 4.62. The van der Waals surface area contributed by atoms with E-state index < -0.39 is 0 Å². The van der Waals surface area contributed by atoms with Gasteiger partial charge in [0.15, 0.2) is 0 Å². The van der Waals surface area contributed by atoms with Crippen molar-refractivity contribution in [2.45, 2.75) is 13.3 Å². The molecule has 4 heteroatoms. The molecular formula is C16H14N4. The van der Waals surface area contributed by atoms with Crippen LogP contribution >= 0.6 is 0 Å². The fourth-order valence-electron chi connectivity index (χ4n) is 2.39. The maximum absolute atomic E-state index is 9.04. The third-order valence-electron chi connectivity index (χ3n) is 3.30. The highest BCUT2D eigenvalue weighted by Crippen LogP contribution is 2.24. The molecule has 0 atom stereocenters. The summed E-state index contributed by atoms with van der Waals surface area (Å²) in [5.41, 5.74) is 10.00. The summed E-state index contributed by atoms with van der Waals surface area (Å²) < 4.78 is 2.08. The summed E-state index contributed by atoms with van der Waals surface area (Å²) in [5, 5.41) is 9.04. The number of rotatable bonds is 2. The van der Waals surface area contributed by atoms with Gasteiger partial charge in [-0.3, -0.25) is 4.57 Å². The Morgan fingerprint density at radius 2 is 2.10 bits per heavy atom. The maximum atomic E-state index is 9.04. The van der Waals surface area contributed by atoms with Crippen molar-refractivity contribution in [1.82, 2.24) is 9.55 Å². The van der Waals surface area contributed by atoms with Crippen molar-refractivity contribution in [1.29, 1.82) is 5.26 Å². The second kappa shape index (κ2) is 4.71. The molecule has 0 unspecified atom stereocenters. The van der Waals surface area contributed by atoms with Crippen molar-refractivity contribution in [2.24, 2.45) is 0 Å². The normalized spacial score (nSPS) is 10.6. The van der Waals surface area contributed by atoms with Gasteiger partial charge in [-0.25, -0.2) is 4.98 Å². The van der Waals surface area contributed by atoms with Crippen LogP contribution < -0.4 is 5.73 Å². The lowest BCUT2D eigenvalue weighted by molar-refractivity contribution is 0.908. The molecule has 0 spiro atoms. The molecule has 0 saturated carbocycles. The topological polar surface area (TPSA) is 67.6 Å². The minimum absolute atomic E-state index is 0.641. The molecule has 0 saturated heterocycles. The Kier molecular flexibility index (Phi) is 2.88. The van der Waals surface area contributed by atoms with E-state index in [-0.39, 0.29) is 0 Å². The number of nitrogens with two attached hydrogens (primary N) is 1. The van der Waals surface area contributed by atoms with Gasteiger partial charge in [0, 0.05) is 17.8 Å². The van der Waals surface area contributed by atoms with E-state index in [1.807, 2.05) is 36.4 Å². The van der Waals surface area contributed by atoms with Crippen LogP contribution in [0.3, 0.4) is 0 Å². The summed E-state index contributed by atoms with van der Waals surface area (Å²) in [6.07, 6.45) is 0.811. The molecule has 1 heterocycles. The van der Waals surface area contributed by atoms with Crippen molar-refractivity contribution in [2.75, 3.05) is 5.73 Å². The first-order valence-corrected chi connectivity index (χ1v) is 6.50. The standard InChI is InChI=1S/C16H14N4/c1-2-16-19-14-9-12(18)6-7-15(14)20(16)13-5-3-4-11(8-13)10-17/h3-9H,2,18H2,1H3. The molecule has 0 fully saturated rings. The van der Waals surface area contributed by atoms with Crippen molar-refractivity contribution < 1.29 is 0 Å². The smallest absolute Gasteiger partial charge is 0.114 e. The number of benzene rings is 2. The van der Waals surface area contributed by atoms with Gasteiger partial charge < -0.3 is 5.73 Å². The van der Waals surface area contributed by atoms with Gasteiger partial charge >= 0.3 is 0 Å². The van der Waals surface area contributed by atoms with E-state index in [2.05, 4.69) is 22.5 Å². The minimum atomic E-state index is 0.641. The molecule has 1 aromatic heterocycles. The lowest BCUT2D eigenvalue weighted by Crippen LogP contribution is -2.00. The lowest BCUT2D eigenvalue weighted by Gasteiger charge is -2.08. The monoisotopic (exact) mass is 262 g/mol. The lowest BCUT2D eigenvalue weighted by atomic mass is 10.2. The van der Waals surface area contributed by atoms with E-state index in [9.17, 15) is 0 Å². The predicted molar refractivity (Wildman–Crippen MR) is 79.6 cm³/mol. The number of aryl methyl sites for hydroxylation is 1. The van der Waals surface area contributed by atoms with Gasteiger partial charge in [0.25, 0.3) is 0 Å². The highest BCUT2D eigenvalue weighted by atomic mass is 15.1. The van der Waals surface area contributed by atoms with E-state index in [0.717, 1.165) is 29.0 Å². The Balaban J connectivity index is 2.31. The van der Waals surface area contributed by atoms with Gasteiger partial charge in [0.2, 0.25) is 0 Å². The molecule has 2 N–H and O–H groups in total. The fourth-order valence-corrected chi connectivity index (χ4v) is 2.39. The zero-order chi connectivity index (χ0) is 14.1. The number of anilines is 1. The molecule has 4 nitrogen and oxygen atoms in total. The number of hydrogen-bond acceptors (Lipinski definition) is 3. The van der Waals surface area contributed by atoms with Gasteiger partial charge in [-0.2, -0.15) is 5.26 Å². The molecule has 3 rings (SSSR count). The number of hydrogen-bond donors (Lipinski definition) is 1. The summed E-state index contributed by atoms with van der Waals surface area (Å²) >= 11 is 0. The molecule has 0 bridgehead atoms. The summed E-state index contributed by atoms with van der Waals surface area (Å²) in [7, 11) is 0. The molecule has 0 amide bonds. The van der Waals surface area contributed by atoms with E-state index >= 15 is 0 Å². The van der Waals surface area contributed by atoms with Crippen LogP contribution in [0.5, 0.6) is 0 Å². The van der Waals surface area contributed by atoms with Crippen LogP contribution in [0.1, 0.15) is 18.3 Å². The molecule has 0 aliphatic heterocycles. The van der Waals surface area contributed by atoms with Crippen LogP contribution in [0.25, 0.3) is 16.7 Å². The molecule has 0 aliphatic carbocycles. The second-order valence-electron chi connectivity index (χ2n) is 4.63. The first kappa shape index (κ1) is 12.2. The molecule has 0 radical (unpaired) electrons. The van der Waals surface area contributed by atoms with Crippen LogP contribution in [0.4, 0.5) is 5.69 Å². The van der Waals surface area contributed by atoms with Crippen molar-refractivity contribution in [3.8, 4) is 11.8 Å². The van der Waals surface area contributed by atoms with E-state index in [4.69, 9.17) is 11.0 Å². The highest BCUT2D eigenvalue weighted by Gasteiger charge is 2.11. The second-order valence-corrected chi connectivity index (χ2v) is 4.63. The van der Waals surface area contributed by atoms with Crippen LogP contribution in [0.15, 0.2) is 42.5 Å². The van der Waals surface area contributed by atoms with Crippen molar-refractivity contribution in [3.05, 3.63) is 53.9 Å². The third-order valence-corrected chi connectivity index (χ3v) is 3.30. The molecule has 0 aliphatic rings.